The van der Waals surface area contributed by atoms with Gasteiger partial charge in [0.1, 0.15) is 11.6 Å². The monoisotopic (exact) mass is 406 g/mol. The molecular formula is C23H23FN4O2. The molecule has 3 aromatic rings. The van der Waals surface area contributed by atoms with Crippen LogP contribution in [0, 0.1) is 5.82 Å². The number of hydrogen-bond acceptors (Lipinski definition) is 5. The first-order valence-electron chi connectivity index (χ1n) is 9.92. The fourth-order valence-electron chi connectivity index (χ4n) is 3.34. The van der Waals surface area contributed by atoms with Gasteiger partial charge in [0.15, 0.2) is 0 Å². The van der Waals surface area contributed by atoms with E-state index in [2.05, 4.69) is 44.5 Å². The minimum absolute atomic E-state index is 0.0750. The van der Waals surface area contributed by atoms with E-state index in [1.54, 1.807) is 24.5 Å². The lowest BCUT2D eigenvalue weighted by Gasteiger charge is -2.28. The van der Waals surface area contributed by atoms with Crippen LogP contribution in [-0.4, -0.2) is 42.2 Å². The van der Waals surface area contributed by atoms with Gasteiger partial charge in [-0.1, -0.05) is 24.3 Å². The average molecular weight is 406 g/mol. The summed E-state index contributed by atoms with van der Waals surface area (Å²) in [5, 5.41) is 2.76. The van der Waals surface area contributed by atoms with E-state index >= 15 is 0 Å². The van der Waals surface area contributed by atoms with E-state index in [0.29, 0.717) is 11.4 Å². The number of ether oxygens (including phenoxy) is 1. The first-order valence-corrected chi connectivity index (χ1v) is 9.92. The van der Waals surface area contributed by atoms with Gasteiger partial charge in [0.05, 0.1) is 19.6 Å². The molecule has 1 aliphatic heterocycles. The first-order chi connectivity index (χ1) is 14.7. The molecule has 1 N–H and O–H groups in total. The summed E-state index contributed by atoms with van der Waals surface area (Å²) in [6.07, 6.45) is 3.53. The number of rotatable bonds is 6. The molecule has 0 saturated carbocycles. The molecule has 0 bridgehead atoms. The third-order valence-electron chi connectivity index (χ3n) is 4.98. The zero-order chi connectivity index (χ0) is 20.8. The maximum atomic E-state index is 13.2. The van der Waals surface area contributed by atoms with Gasteiger partial charge in [-0.25, -0.2) is 14.4 Å². The molecule has 30 heavy (non-hydrogen) atoms. The van der Waals surface area contributed by atoms with Crippen LogP contribution in [0.5, 0.6) is 0 Å². The van der Waals surface area contributed by atoms with Crippen molar-refractivity contribution < 1.29 is 13.9 Å². The van der Waals surface area contributed by atoms with Crippen molar-refractivity contribution in [2.45, 2.75) is 13.0 Å². The summed E-state index contributed by atoms with van der Waals surface area (Å²) in [5.41, 5.74) is 3.80. The molecule has 154 valence electrons. The Morgan fingerprint density at radius 3 is 2.47 bits per heavy atom. The molecule has 2 heterocycles. The Labute approximate surface area is 174 Å². The second kappa shape index (κ2) is 9.45. The molecular weight excluding hydrogens is 383 g/mol. The molecule has 4 rings (SSSR count). The highest BCUT2D eigenvalue weighted by Gasteiger charge is 2.11. The largest absolute Gasteiger partial charge is 0.378 e. The summed E-state index contributed by atoms with van der Waals surface area (Å²) in [7, 11) is 0. The lowest BCUT2D eigenvalue weighted by molar-refractivity contribution is -0.120. The minimum atomic E-state index is -0.321. The number of nitrogens with zero attached hydrogens (tertiary/aromatic N) is 3. The van der Waals surface area contributed by atoms with Gasteiger partial charge in [0.25, 0.3) is 0 Å². The summed E-state index contributed by atoms with van der Waals surface area (Å²) in [6.45, 7) is 3.58. The normalized spacial score (nSPS) is 13.8. The van der Waals surface area contributed by atoms with Crippen molar-refractivity contribution in [3.8, 4) is 11.1 Å². The predicted molar refractivity (Wildman–Crippen MR) is 112 cm³/mol. The van der Waals surface area contributed by atoms with Gasteiger partial charge < -0.3 is 15.0 Å². The van der Waals surface area contributed by atoms with Crippen molar-refractivity contribution in [2.75, 3.05) is 31.2 Å². The lowest BCUT2D eigenvalue weighted by atomic mass is 10.1. The van der Waals surface area contributed by atoms with Crippen molar-refractivity contribution in [1.82, 2.24) is 15.3 Å². The number of benzene rings is 2. The van der Waals surface area contributed by atoms with E-state index in [1.807, 2.05) is 0 Å². The number of morpholine rings is 1. The number of anilines is 1. The smallest absolute Gasteiger partial charge is 0.227 e. The molecule has 2 aromatic carbocycles. The highest BCUT2D eigenvalue weighted by Crippen LogP contribution is 2.23. The lowest BCUT2D eigenvalue weighted by Crippen LogP contribution is -2.36. The summed E-state index contributed by atoms with van der Waals surface area (Å²) in [4.78, 5) is 23.1. The van der Waals surface area contributed by atoms with E-state index in [0.717, 1.165) is 37.4 Å². The summed E-state index contributed by atoms with van der Waals surface area (Å²) < 4.78 is 18.6. The molecule has 0 radical (unpaired) electrons. The SMILES string of the molecule is O=C(Cc1ncc(-c2ccc(N3CCOCC3)cc2)cn1)NCc1cccc(F)c1. The van der Waals surface area contributed by atoms with Crippen molar-refractivity contribution in [3.63, 3.8) is 0 Å². The second-order valence-corrected chi connectivity index (χ2v) is 7.12. The van der Waals surface area contributed by atoms with E-state index < -0.39 is 0 Å². The van der Waals surface area contributed by atoms with Gasteiger partial charge in [0.2, 0.25) is 5.91 Å². The Hall–Kier alpha value is -3.32. The Morgan fingerprint density at radius 1 is 1.03 bits per heavy atom. The van der Waals surface area contributed by atoms with Gasteiger partial charge in [0, 0.05) is 43.3 Å². The Bertz CT molecular complexity index is 987. The van der Waals surface area contributed by atoms with Gasteiger partial charge in [-0.2, -0.15) is 0 Å². The first kappa shape index (κ1) is 20.0. The van der Waals surface area contributed by atoms with Crippen molar-refractivity contribution in [2.24, 2.45) is 0 Å². The number of halogens is 1. The Balaban J connectivity index is 1.32. The van der Waals surface area contributed by atoms with Crippen LogP contribution in [0.1, 0.15) is 11.4 Å². The standard InChI is InChI=1S/C23H23FN4O2/c24-20-3-1-2-17(12-20)14-27-23(29)13-22-25-15-19(16-26-22)18-4-6-21(7-5-18)28-8-10-30-11-9-28/h1-7,12,15-16H,8-11,13-14H2,(H,27,29). The third-order valence-corrected chi connectivity index (χ3v) is 4.98. The quantitative estimate of drug-likeness (QED) is 0.682. The zero-order valence-corrected chi connectivity index (χ0v) is 16.6. The topological polar surface area (TPSA) is 67.4 Å². The minimum Gasteiger partial charge on any atom is -0.378 e. The van der Waals surface area contributed by atoms with Gasteiger partial charge >= 0.3 is 0 Å². The number of carbonyl (C=O) groups excluding carboxylic acids is 1. The van der Waals surface area contributed by atoms with Crippen LogP contribution in [0.3, 0.4) is 0 Å². The van der Waals surface area contributed by atoms with E-state index in [4.69, 9.17) is 4.74 Å². The maximum Gasteiger partial charge on any atom is 0.227 e. The van der Waals surface area contributed by atoms with Gasteiger partial charge in [-0.05, 0) is 35.4 Å². The van der Waals surface area contributed by atoms with Crippen molar-refractivity contribution in [3.05, 3.63) is 78.1 Å². The number of aromatic nitrogens is 2. The highest BCUT2D eigenvalue weighted by molar-refractivity contribution is 5.77. The van der Waals surface area contributed by atoms with Crippen molar-refractivity contribution in [1.29, 1.82) is 0 Å². The molecule has 0 atom stereocenters. The summed E-state index contributed by atoms with van der Waals surface area (Å²) >= 11 is 0. The van der Waals surface area contributed by atoms with Crippen LogP contribution >= 0.6 is 0 Å². The van der Waals surface area contributed by atoms with Crippen LogP contribution in [0.25, 0.3) is 11.1 Å². The van der Waals surface area contributed by atoms with Crippen LogP contribution in [0.15, 0.2) is 60.9 Å². The van der Waals surface area contributed by atoms with Crippen LogP contribution in [0.2, 0.25) is 0 Å². The van der Waals surface area contributed by atoms with Crippen LogP contribution in [0.4, 0.5) is 10.1 Å². The molecule has 1 saturated heterocycles. The molecule has 1 fully saturated rings. The summed E-state index contributed by atoms with van der Waals surface area (Å²) in [6, 6.07) is 14.4. The third kappa shape index (κ3) is 5.18. The molecule has 1 amide bonds. The van der Waals surface area contributed by atoms with E-state index in [-0.39, 0.29) is 24.7 Å². The fraction of sp³-hybridized carbons (Fsp3) is 0.261. The van der Waals surface area contributed by atoms with E-state index in [1.165, 1.54) is 17.8 Å². The molecule has 7 heteroatoms. The maximum absolute atomic E-state index is 13.2. The van der Waals surface area contributed by atoms with Gasteiger partial charge in [-0.15, -0.1) is 0 Å². The molecule has 0 spiro atoms. The number of nitrogens with one attached hydrogen (secondary N) is 1. The molecule has 1 aromatic heterocycles. The van der Waals surface area contributed by atoms with Crippen molar-refractivity contribution >= 4 is 11.6 Å². The fourth-order valence-corrected chi connectivity index (χ4v) is 3.34. The van der Waals surface area contributed by atoms with E-state index in [9.17, 15) is 9.18 Å². The number of hydrogen-bond donors (Lipinski definition) is 1. The zero-order valence-electron chi connectivity index (χ0n) is 16.6. The average Bonchev–Trinajstić information content (AvgIpc) is 2.79. The highest BCUT2D eigenvalue weighted by atomic mass is 19.1. The van der Waals surface area contributed by atoms with Crippen LogP contribution in [-0.2, 0) is 22.5 Å². The second-order valence-electron chi connectivity index (χ2n) is 7.12. The Kier molecular flexibility index (Phi) is 6.29. The Morgan fingerprint density at radius 2 is 1.77 bits per heavy atom. The number of amides is 1. The van der Waals surface area contributed by atoms with Gasteiger partial charge in [-0.3, -0.25) is 4.79 Å². The summed E-state index contributed by atoms with van der Waals surface area (Å²) in [5.74, 6) is -0.0825. The molecule has 1 aliphatic rings. The molecule has 0 aliphatic carbocycles. The van der Waals surface area contributed by atoms with Crippen LogP contribution < -0.4 is 10.2 Å². The molecule has 0 unspecified atom stereocenters. The predicted octanol–water partition coefficient (Wildman–Crippen LogP) is 2.98. The molecule has 6 nitrogen and oxygen atoms in total. The number of carbonyl (C=O) groups is 1.